The SMILES string of the molecule is COc1c(O)ccc2c1-c1ccc3c(c1C(=Cc1ccccc1-c1cccc(C=O)c1)O2)C(C)=CC(C)(C)N3. The quantitative estimate of drug-likeness (QED) is 0.269. The van der Waals surface area contributed by atoms with Gasteiger partial charge in [0.1, 0.15) is 17.8 Å². The molecule has 0 bridgehead atoms. The van der Waals surface area contributed by atoms with Crippen LogP contribution in [-0.2, 0) is 0 Å². The first kappa shape index (κ1) is 24.6. The fourth-order valence-corrected chi connectivity index (χ4v) is 5.76. The number of methoxy groups -OCH3 is 1. The van der Waals surface area contributed by atoms with Gasteiger partial charge in [0.2, 0.25) is 0 Å². The number of nitrogens with one attached hydrogen (secondary N) is 1. The summed E-state index contributed by atoms with van der Waals surface area (Å²) in [7, 11) is 1.55. The average molecular weight is 516 g/mol. The predicted octanol–water partition coefficient (Wildman–Crippen LogP) is 8.05. The second kappa shape index (κ2) is 9.21. The molecule has 0 saturated carbocycles. The van der Waals surface area contributed by atoms with Gasteiger partial charge in [-0.25, -0.2) is 0 Å². The molecule has 0 radical (unpaired) electrons. The Kier molecular flexibility index (Phi) is 5.80. The number of carbonyl (C=O) groups is 1. The molecule has 4 aromatic rings. The average Bonchev–Trinajstić information content (AvgIpc) is 2.92. The molecule has 6 rings (SSSR count). The number of phenolic OH excluding ortho intramolecular Hbond substituents is 1. The van der Waals surface area contributed by atoms with E-state index in [4.69, 9.17) is 9.47 Å². The molecule has 0 fully saturated rings. The zero-order valence-electron chi connectivity index (χ0n) is 22.3. The number of ether oxygens (including phenoxy) is 2. The van der Waals surface area contributed by atoms with Crippen molar-refractivity contribution < 1.29 is 19.4 Å². The van der Waals surface area contributed by atoms with Crippen molar-refractivity contribution >= 4 is 29.4 Å². The minimum Gasteiger partial charge on any atom is -0.504 e. The number of hydrogen-bond donors (Lipinski definition) is 2. The van der Waals surface area contributed by atoms with Crippen LogP contribution in [0.3, 0.4) is 0 Å². The van der Waals surface area contributed by atoms with Gasteiger partial charge in [-0.15, -0.1) is 0 Å². The highest BCUT2D eigenvalue weighted by molar-refractivity contribution is 6.03. The van der Waals surface area contributed by atoms with Gasteiger partial charge in [0.25, 0.3) is 0 Å². The van der Waals surface area contributed by atoms with E-state index in [9.17, 15) is 9.90 Å². The van der Waals surface area contributed by atoms with Crippen LogP contribution < -0.4 is 14.8 Å². The Labute approximate surface area is 228 Å². The highest BCUT2D eigenvalue weighted by atomic mass is 16.5. The van der Waals surface area contributed by atoms with E-state index in [2.05, 4.69) is 50.4 Å². The smallest absolute Gasteiger partial charge is 0.172 e. The number of fused-ring (bicyclic) bond motifs is 5. The molecule has 39 heavy (non-hydrogen) atoms. The molecule has 5 nitrogen and oxygen atoms in total. The highest BCUT2D eigenvalue weighted by Crippen LogP contribution is 2.54. The van der Waals surface area contributed by atoms with Crippen LogP contribution in [-0.4, -0.2) is 24.0 Å². The first-order valence-corrected chi connectivity index (χ1v) is 12.9. The summed E-state index contributed by atoms with van der Waals surface area (Å²) in [5.74, 6) is 1.73. The summed E-state index contributed by atoms with van der Waals surface area (Å²) in [5.41, 5.74) is 9.09. The van der Waals surface area contributed by atoms with Crippen molar-refractivity contribution in [1.82, 2.24) is 0 Å². The summed E-state index contributed by atoms with van der Waals surface area (Å²) >= 11 is 0. The number of benzene rings is 4. The molecule has 0 aliphatic carbocycles. The number of hydrogen-bond acceptors (Lipinski definition) is 5. The van der Waals surface area contributed by atoms with Gasteiger partial charge in [-0.05, 0) is 73.4 Å². The van der Waals surface area contributed by atoms with E-state index in [0.29, 0.717) is 22.8 Å². The predicted molar refractivity (Wildman–Crippen MR) is 157 cm³/mol. The van der Waals surface area contributed by atoms with Crippen LogP contribution in [0, 0.1) is 0 Å². The summed E-state index contributed by atoms with van der Waals surface area (Å²) < 4.78 is 12.3. The van der Waals surface area contributed by atoms with E-state index in [1.165, 1.54) is 0 Å². The fourth-order valence-electron chi connectivity index (χ4n) is 5.76. The molecule has 0 aromatic heterocycles. The maximum absolute atomic E-state index is 11.5. The van der Waals surface area contributed by atoms with E-state index < -0.39 is 0 Å². The van der Waals surface area contributed by atoms with Crippen molar-refractivity contribution in [1.29, 1.82) is 0 Å². The number of allylic oxidation sites excluding steroid dienone is 1. The van der Waals surface area contributed by atoms with Gasteiger partial charge in [0.15, 0.2) is 11.5 Å². The Balaban J connectivity index is 1.63. The fraction of sp³-hybridized carbons (Fsp3) is 0.147. The topological polar surface area (TPSA) is 67.8 Å². The van der Waals surface area contributed by atoms with Crippen LogP contribution in [0.2, 0.25) is 0 Å². The molecule has 2 heterocycles. The molecule has 0 spiro atoms. The van der Waals surface area contributed by atoms with Crippen molar-refractivity contribution in [2.24, 2.45) is 0 Å². The van der Waals surface area contributed by atoms with Gasteiger partial charge in [-0.1, -0.05) is 54.6 Å². The van der Waals surface area contributed by atoms with Gasteiger partial charge in [0, 0.05) is 27.9 Å². The molecule has 0 saturated heterocycles. The number of anilines is 1. The zero-order chi connectivity index (χ0) is 27.3. The number of carbonyl (C=O) groups excluding carboxylic acids is 1. The van der Waals surface area contributed by atoms with Crippen LogP contribution >= 0.6 is 0 Å². The number of aromatic hydroxyl groups is 1. The van der Waals surface area contributed by atoms with Gasteiger partial charge in [0.05, 0.1) is 18.2 Å². The van der Waals surface area contributed by atoms with E-state index in [-0.39, 0.29) is 11.3 Å². The summed E-state index contributed by atoms with van der Waals surface area (Å²) in [4.78, 5) is 11.5. The van der Waals surface area contributed by atoms with Gasteiger partial charge >= 0.3 is 0 Å². The van der Waals surface area contributed by atoms with Crippen molar-refractivity contribution in [2.75, 3.05) is 12.4 Å². The van der Waals surface area contributed by atoms with Crippen molar-refractivity contribution in [3.63, 3.8) is 0 Å². The van der Waals surface area contributed by atoms with Gasteiger partial charge in [-0.2, -0.15) is 0 Å². The van der Waals surface area contributed by atoms with Gasteiger partial charge < -0.3 is 19.9 Å². The van der Waals surface area contributed by atoms with E-state index in [1.54, 1.807) is 25.3 Å². The molecule has 5 heteroatoms. The first-order valence-electron chi connectivity index (χ1n) is 12.9. The summed E-state index contributed by atoms with van der Waals surface area (Å²) in [6.45, 7) is 6.41. The maximum Gasteiger partial charge on any atom is 0.172 e. The van der Waals surface area contributed by atoms with E-state index >= 15 is 0 Å². The largest absolute Gasteiger partial charge is 0.504 e. The minimum atomic E-state index is -0.200. The molecular formula is C34H29NO4. The number of aldehydes is 1. The number of phenols is 1. The second-order valence-electron chi connectivity index (χ2n) is 10.5. The molecule has 0 amide bonds. The third-order valence-electron chi connectivity index (χ3n) is 7.25. The van der Waals surface area contributed by atoms with E-state index in [0.717, 1.165) is 56.5 Å². The molecule has 0 atom stereocenters. The lowest BCUT2D eigenvalue weighted by Crippen LogP contribution is -2.32. The summed E-state index contributed by atoms with van der Waals surface area (Å²) in [6.07, 6.45) is 5.14. The lowest BCUT2D eigenvalue weighted by molar-refractivity contribution is 0.112. The van der Waals surface area contributed by atoms with Crippen LogP contribution in [0.4, 0.5) is 5.69 Å². The van der Waals surface area contributed by atoms with Crippen LogP contribution in [0.1, 0.15) is 47.8 Å². The lowest BCUT2D eigenvalue weighted by Gasteiger charge is -2.35. The van der Waals surface area contributed by atoms with Crippen molar-refractivity contribution in [2.45, 2.75) is 26.3 Å². The Morgan fingerprint density at radius 1 is 0.923 bits per heavy atom. The monoisotopic (exact) mass is 515 g/mol. The maximum atomic E-state index is 11.5. The molecular weight excluding hydrogens is 486 g/mol. The minimum absolute atomic E-state index is 0.0582. The molecule has 4 aromatic carbocycles. The molecule has 194 valence electrons. The molecule has 0 unspecified atom stereocenters. The second-order valence-corrected chi connectivity index (χ2v) is 10.5. The van der Waals surface area contributed by atoms with E-state index in [1.807, 2.05) is 42.5 Å². The Hall–Kier alpha value is -4.77. The van der Waals surface area contributed by atoms with Gasteiger partial charge in [-0.3, -0.25) is 4.79 Å². The Morgan fingerprint density at radius 2 is 1.74 bits per heavy atom. The third-order valence-corrected chi connectivity index (χ3v) is 7.25. The Bertz CT molecular complexity index is 1710. The Morgan fingerprint density at radius 3 is 2.54 bits per heavy atom. The van der Waals surface area contributed by atoms with Crippen LogP contribution in [0.5, 0.6) is 17.2 Å². The summed E-state index contributed by atoms with van der Waals surface area (Å²) in [6, 6.07) is 23.2. The molecule has 2 aliphatic heterocycles. The number of rotatable bonds is 4. The molecule has 2 N–H and O–H groups in total. The zero-order valence-corrected chi connectivity index (χ0v) is 22.3. The summed E-state index contributed by atoms with van der Waals surface area (Å²) in [5, 5.41) is 14.3. The van der Waals surface area contributed by atoms with Crippen LogP contribution in [0.15, 0.2) is 78.9 Å². The standard InChI is InChI=1S/C34H29NO4/c1-20-18-34(2,3)35-26-13-12-25-31(30(20)26)29(39-28-15-14-27(37)33(38-4)32(25)28)17-23-9-5-6-11-24(23)22-10-7-8-21(16-22)19-36/h5-19,35,37H,1-4H3. The van der Waals surface area contributed by atoms with Crippen LogP contribution in [0.25, 0.3) is 39.7 Å². The lowest BCUT2D eigenvalue weighted by atomic mass is 9.82. The molecule has 2 aliphatic rings. The normalized spacial score (nSPS) is 15.7. The third kappa shape index (κ3) is 4.16. The van der Waals surface area contributed by atoms with Crippen molar-refractivity contribution in [3.05, 3.63) is 101 Å². The first-order chi connectivity index (χ1) is 18.8. The van der Waals surface area contributed by atoms with Crippen molar-refractivity contribution in [3.8, 4) is 39.5 Å². The highest BCUT2D eigenvalue weighted by Gasteiger charge is 2.33.